The molecular formula is C23H24N2O4S. The molecule has 0 radical (unpaired) electrons. The number of carbonyl (C=O) groups excluding carboxylic acids is 1. The lowest BCUT2D eigenvalue weighted by molar-refractivity contribution is -0.114. The number of anilines is 2. The average molecular weight is 425 g/mol. The van der Waals surface area contributed by atoms with Gasteiger partial charge in [0, 0.05) is 5.69 Å². The minimum atomic E-state index is -3.93. The Bertz CT molecular complexity index is 1130. The lowest BCUT2D eigenvalue weighted by Gasteiger charge is -2.26. The van der Waals surface area contributed by atoms with Gasteiger partial charge in [-0.2, -0.15) is 0 Å². The Morgan fingerprint density at radius 2 is 1.63 bits per heavy atom. The Morgan fingerprint density at radius 1 is 0.967 bits per heavy atom. The van der Waals surface area contributed by atoms with Gasteiger partial charge >= 0.3 is 0 Å². The van der Waals surface area contributed by atoms with E-state index in [2.05, 4.69) is 5.32 Å². The van der Waals surface area contributed by atoms with Crippen LogP contribution < -0.4 is 14.4 Å². The molecule has 30 heavy (non-hydrogen) atoms. The molecule has 1 N–H and O–H groups in total. The topological polar surface area (TPSA) is 75.7 Å². The van der Waals surface area contributed by atoms with Crippen LogP contribution in [0, 0.1) is 13.8 Å². The predicted octanol–water partition coefficient (Wildman–Crippen LogP) is 4.15. The van der Waals surface area contributed by atoms with E-state index < -0.39 is 15.9 Å². The second-order valence-electron chi connectivity index (χ2n) is 6.89. The fourth-order valence-electron chi connectivity index (χ4n) is 3.11. The summed E-state index contributed by atoms with van der Waals surface area (Å²) >= 11 is 0. The zero-order valence-corrected chi connectivity index (χ0v) is 17.9. The van der Waals surface area contributed by atoms with Gasteiger partial charge in [-0.15, -0.1) is 0 Å². The molecule has 156 valence electrons. The van der Waals surface area contributed by atoms with Gasteiger partial charge in [-0.25, -0.2) is 8.42 Å². The summed E-state index contributed by atoms with van der Waals surface area (Å²) in [5.41, 5.74) is 2.80. The second-order valence-corrected chi connectivity index (χ2v) is 8.75. The van der Waals surface area contributed by atoms with Crippen molar-refractivity contribution in [3.05, 3.63) is 83.9 Å². The standard InChI is InChI=1S/C23H24N2O4S/c1-17-9-14-22(18(2)15-17)25(30(27,28)21-7-5-4-6-8-21)16-23(26)24-19-10-12-20(29-3)13-11-19/h4-15H,16H2,1-3H3,(H,24,26). The van der Waals surface area contributed by atoms with Gasteiger partial charge in [0.1, 0.15) is 12.3 Å². The van der Waals surface area contributed by atoms with Crippen molar-refractivity contribution in [1.82, 2.24) is 0 Å². The highest BCUT2D eigenvalue weighted by Crippen LogP contribution is 2.27. The average Bonchev–Trinajstić information content (AvgIpc) is 2.73. The maximum Gasteiger partial charge on any atom is 0.264 e. The first-order chi connectivity index (χ1) is 14.3. The van der Waals surface area contributed by atoms with Crippen molar-refractivity contribution >= 4 is 27.3 Å². The van der Waals surface area contributed by atoms with Crippen LogP contribution in [0.1, 0.15) is 11.1 Å². The van der Waals surface area contributed by atoms with Gasteiger partial charge in [0.25, 0.3) is 10.0 Å². The molecular weight excluding hydrogens is 400 g/mol. The first kappa shape index (κ1) is 21.4. The zero-order valence-electron chi connectivity index (χ0n) is 17.1. The number of rotatable bonds is 7. The Balaban J connectivity index is 1.94. The monoisotopic (exact) mass is 424 g/mol. The molecule has 0 bridgehead atoms. The first-order valence-electron chi connectivity index (χ1n) is 9.40. The van der Waals surface area contributed by atoms with E-state index in [0.29, 0.717) is 17.1 Å². The van der Waals surface area contributed by atoms with E-state index in [9.17, 15) is 13.2 Å². The Kier molecular flexibility index (Phi) is 6.42. The summed E-state index contributed by atoms with van der Waals surface area (Å²) in [5, 5.41) is 2.75. The van der Waals surface area contributed by atoms with Gasteiger partial charge in [0.15, 0.2) is 0 Å². The number of nitrogens with zero attached hydrogens (tertiary/aromatic N) is 1. The molecule has 0 aliphatic heterocycles. The van der Waals surface area contributed by atoms with Crippen LogP contribution in [-0.2, 0) is 14.8 Å². The van der Waals surface area contributed by atoms with Crippen molar-refractivity contribution in [2.45, 2.75) is 18.7 Å². The number of aryl methyl sites for hydroxylation is 2. The molecule has 0 spiro atoms. The molecule has 1 amide bonds. The van der Waals surface area contributed by atoms with Crippen molar-refractivity contribution in [2.24, 2.45) is 0 Å². The van der Waals surface area contributed by atoms with E-state index in [-0.39, 0.29) is 11.4 Å². The molecule has 0 aromatic heterocycles. The molecule has 3 rings (SSSR count). The second kappa shape index (κ2) is 9.00. The lowest BCUT2D eigenvalue weighted by Crippen LogP contribution is -2.38. The van der Waals surface area contributed by atoms with Gasteiger partial charge in [-0.05, 0) is 61.9 Å². The predicted molar refractivity (Wildman–Crippen MR) is 119 cm³/mol. The van der Waals surface area contributed by atoms with Crippen LogP contribution in [-0.4, -0.2) is 28.0 Å². The minimum Gasteiger partial charge on any atom is -0.497 e. The summed E-state index contributed by atoms with van der Waals surface area (Å²) < 4.78 is 33.0. The van der Waals surface area contributed by atoms with Gasteiger partial charge in [-0.3, -0.25) is 9.10 Å². The Morgan fingerprint density at radius 3 is 2.23 bits per heavy atom. The molecule has 3 aromatic rings. The molecule has 7 heteroatoms. The number of ether oxygens (including phenoxy) is 1. The third-order valence-corrected chi connectivity index (χ3v) is 6.39. The highest BCUT2D eigenvalue weighted by Gasteiger charge is 2.28. The van der Waals surface area contributed by atoms with Crippen LogP contribution >= 0.6 is 0 Å². The zero-order chi connectivity index (χ0) is 21.7. The van der Waals surface area contributed by atoms with Crippen LogP contribution in [0.5, 0.6) is 5.75 Å². The molecule has 0 heterocycles. The van der Waals surface area contributed by atoms with Crippen LogP contribution in [0.2, 0.25) is 0 Å². The van der Waals surface area contributed by atoms with Crippen molar-refractivity contribution in [3.63, 3.8) is 0 Å². The number of benzene rings is 3. The summed E-state index contributed by atoms with van der Waals surface area (Å²) in [4.78, 5) is 12.9. The molecule has 0 saturated carbocycles. The SMILES string of the molecule is COc1ccc(NC(=O)CN(c2ccc(C)cc2C)S(=O)(=O)c2ccccc2)cc1. The molecule has 0 saturated heterocycles. The van der Waals surface area contributed by atoms with Crippen LogP contribution in [0.4, 0.5) is 11.4 Å². The van der Waals surface area contributed by atoms with Crippen molar-refractivity contribution in [1.29, 1.82) is 0 Å². The van der Waals surface area contributed by atoms with Crippen LogP contribution in [0.3, 0.4) is 0 Å². The van der Waals surface area contributed by atoms with E-state index >= 15 is 0 Å². The van der Waals surface area contributed by atoms with E-state index in [4.69, 9.17) is 4.74 Å². The summed E-state index contributed by atoms with van der Waals surface area (Å²) in [6.45, 7) is 3.41. The van der Waals surface area contributed by atoms with Crippen LogP contribution in [0.15, 0.2) is 77.7 Å². The van der Waals surface area contributed by atoms with Crippen molar-refractivity contribution in [3.8, 4) is 5.75 Å². The fourth-order valence-corrected chi connectivity index (χ4v) is 4.62. The maximum atomic E-state index is 13.4. The maximum absolute atomic E-state index is 13.4. The molecule has 0 aliphatic carbocycles. The number of carbonyl (C=O) groups is 1. The largest absolute Gasteiger partial charge is 0.497 e. The minimum absolute atomic E-state index is 0.127. The number of sulfonamides is 1. The highest BCUT2D eigenvalue weighted by molar-refractivity contribution is 7.92. The third kappa shape index (κ3) is 4.80. The van der Waals surface area contributed by atoms with E-state index in [1.807, 2.05) is 26.0 Å². The van der Waals surface area contributed by atoms with Gasteiger partial charge in [-0.1, -0.05) is 35.9 Å². The third-order valence-electron chi connectivity index (χ3n) is 4.61. The van der Waals surface area contributed by atoms with Crippen LogP contribution in [0.25, 0.3) is 0 Å². The first-order valence-corrected chi connectivity index (χ1v) is 10.8. The molecule has 0 aliphatic rings. The number of nitrogens with one attached hydrogen (secondary N) is 1. The highest BCUT2D eigenvalue weighted by atomic mass is 32.2. The van der Waals surface area contributed by atoms with Crippen molar-refractivity contribution < 1.29 is 17.9 Å². The summed E-state index contributed by atoms with van der Waals surface area (Å²) in [7, 11) is -2.38. The van der Waals surface area contributed by atoms with Gasteiger partial charge < -0.3 is 10.1 Å². The number of hydrogen-bond donors (Lipinski definition) is 1. The van der Waals surface area contributed by atoms with Crippen molar-refractivity contribution in [2.75, 3.05) is 23.3 Å². The molecule has 0 fully saturated rings. The Hall–Kier alpha value is -3.32. The fraction of sp³-hybridized carbons (Fsp3) is 0.174. The summed E-state index contributed by atoms with van der Waals surface area (Å²) in [5.74, 6) is 0.219. The molecule has 0 unspecified atom stereocenters. The van der Waals surface area contributed by atoms with E-state index in [1.54, 1.807) is 55.6 Å². The molecule has 0 atom stereocenters. The molecule has 3 aromatic carbocycles. The lowest BCUT2D eigenvalue weighted by atomic mass is 10.1. The van der Waals surface area contributed by atoms with E-state index in [1.165, 1.54) is 12.1 Å². The summed E-state index contributed by atoms with van der Waals surface area (Å²) in [6, 6.07) is 20.4. The smallest absolute Gasteiger partial charge is 0.264 e. The number of hydrogen-bond acceptors (Lipinski definition) is 4. The summed E-state index contributed by atoms with van der Waals surface area (Å²) in [6.07, 6.45) is 0. The normalized spacial score (nSPS) is 11.0. The number of amides is 1. The van der Waals surface area contributed by atoms with Gasteiger partial charge in [0.2, 0.25) is 5.91 Å². The molecule has 6 nitrogen and oxygen atoms in total. The quantitative estimate of drug-likeness (QED) is 0.618. The Labute approximate surface area is 177 Å². The number of methoxy groups -OCH3 is 1. The van der Waals surface area contributed by atoms with E-state index in [0.717, 1.165) is 15.4 Å². The van der Waals surface area contributed by atoms with Gasteiger partial charge in [0.05, 0.1) is 17.7 Å².